The first kappa shape index (κ1) is 14.2. The van der Waals surface area contributed by atoms with E-state index in [1.807, 2.05) is 0 Å². The number of hydrogen-bond acceptors (Lipinski definition) is 4. The van der Waals surface area contributed by atoms with Crippen LogP contribution in [0.25, 0.3) is 0 Å². The third-order valence-corrected chi connectivity index (χ3v) is 2.84. The molecule has 1 rings (SSSR count). The van der Waals surface area contributed by atoms with Crippen LogP contribution in [0.4, 0.5) is 0 Å². The Morgan fingerprint density at radius 2 is 1.83 bits per heavy atom. The molecule has 18 heavy (non-hydrogen) atoms. The molecule has 0 aliphatic rings. The highest BCUT2D eigenvalue weighted by molar-refractivity contribution is 5.97. The highest BCUT2D eigenvalue weighted by Crippen LogP contribution is 2.20. The number of aliphatic carboxylic acids is 1. The maximum absolute atomic E-state index is 11.9. The van der Waals surface area contributed by atoms with Crippen LogP contribution < -0.4 is 5.32 Å². The minimum atomic E-state index is -1.99. The van der Waals surface area contributed by atoms with E-state index in [0.717, 1.165) is 6.92 Å². The average molecular weight is 255 g/mol. The molecule has 0 spiro atoms. The van der Waals surface area contributed by atoms with E-state index in [2.05, 4.69) is 5.32 Å². The van der Waals surface area contributed by atoms with Crippen molar-refractivity contribution in [2.75, 3.05) is 6.54 Å². The van der Waals surface area contributed by atoms with Crippen molar-refractivity contribution in [1.82, 2.24) is 5.32 Å². The summed E-state index contributed by atoms with van der Waals surface area (Å²) in [5.41, 5.74) is -0.898. The molecule has 6 nitrogen and oxygen atoms in total. The summed E-state index contributed by atoms with van der Waals surface area (Å²) < 4.78 is 5.31. The zero-order chi connectivity index (χ0) is 14.1. The molecule has 0 saturated heterocycles. The van der Waals surface area contributed by atoms with E-state index in [0.29, 0.717) is 22.6 Å². The largest absolute Gasteiger partial charge is 0.479 e. The zero-order valence-corrected chi connectivity index (χ0v) is 10.8. The molecule has 0 aliphatic heterocycles. The zero-order valence-electron chi connectivity index (χ0n) is 10.8. The molecule has 3 N–H and O–H groups in total. The van der Waals surface area contributed by atoms with Crippen molar-refractivity contribution in [2.24, 2.45) is 0 Å². The molecule has 1 aromatic heterocycles. The molecule has 1 heterocycles. The van der Waals surface area contributed by atoms with Crippen molar-refractivity contribution in [2.45, 2.75) is 33.3 Å². The Labute approximate surface area is 105 Å². The fourth-order valence-electron chi connectivity index (χ4n) is 1.54. The molecule has 0 aliphatic carbocycles. The van der Waals surface area contributed by atoms with Crippen LogP contribution in [-0.4, -0.2) is 34.2 Å². The van der Waals surface area contributed by atoms with Gasteiger partial charge in [-0.15, -0.1) is 0 Å². The van der Waals surface area contributed by atoms with Gasteiger partial charge in [-0.05, 0) is 27.7 Å². The molecule has 100 valence electrons. The van der Waals surface area contributed by atoms with E-state index in [-0.39, 0.29) is 6.54 Å². The van der Waals surface area contributed by atoms with Crippen molar-refractivity contribution >= 4 is 11.9 Å². The number of aliphatic hydroxyl groups is 1. The summed E-state index contributed by atoms with van der Waals surface area (Å²) in [4.78, 5) is 22.6. The molecule has 0 fully saturated rings. The Morgan fingerprint density at radius 3 is 2.22 bits per heavy atom. The summed E-state index contributed by atoms with van der Waals surface area (Å²) in [6.45, 7) is 5.90. The average Bonchev–Trinajstić information content (AvgIpc) is 2.50. The smallest absolute Gasteiger partial charge is 0.337 e. The lowest BCUT2D eigenvalue weighted by Crippen LogP contribution is -2.46. The Balaban J connectivity index is 2.81. The Kier molecular flexibility index (Phi) is 3.81. The monoisotopic (exact) mass is 255 g/mol. The van der Waals surface area contributed by atoms with Crippen LogP contribution >= 0.6 is 0 Å². The molecule has 1 atom stereocenters. The van der Waals surface area contributed by atoms with Gasteiger partial charge in [-0.3, -0.25) is 4.79 Å². The van der Waals surface area contributed by atoms with Gasteiger partial charge in [-0.1, -0.05) is 0 Å². The van der Waals surface area contributed by atoms with Gasteiger partial charge in [0.25, 0.3) is 5.91 Å². The van der Waals surface area contributed by atoms with Gasteiger partial charge in [-0.25, -0.2) is 4.79 Å². The standard InChI is InChI=1S/C12H17NO5/c1-6-7(2)18-8(3)9(6)10(14)13-5-12(4,17)11(15)16/h17H,5H2,1-4H3,(H,13,14)(H,15,16). The van der Waals surface area contributed by atoms with Crippen molar-refractivity contribution in [3.63, 3.8) is 0 Å². The van der Waals surface area contributed by atoms with Gasteiger partial charge in [0.1, 0.15) is 11.5 Å². The molecular weight excluding hydrogens is 238 g/mol. The first-order chi connectivity index (χ1) is 8.16. The highest BCUT2D eigenvalue weighted by Gasteiger charge is 2.31. The molecule has 1 unspecified atom stereocenters. The number of carboxylic acid groups (broad SMARTS) is 1. The van der Waals surface area contributed by atoms with Crippen LogP contribution in [0.5, 0.6) is 0 Å². The van der Waals surface area contributed by atoms with Crippen LogP contribution in [0.1, 0.15) is 34.4 Å². The van der Waals surface area contributed by atoms with Crippen LogP contribution in [0.2, 0.25) is 0 Å². The molecule has 1 amide bonds. The second-order valence-corrected chi connectivity index (χ2v) is 4.48. The van der Waals surface area contributed by atoms with Gasteiger partial charge in [0, 0.05) is 5.56 Å². The number of aryl methyl sites for hydroxylation is 2. The van der Waals surface area contributed by atoms with E-state index >= 15 is 0 Å². The fraction of sp³-hybridized carbons (Fsp3) is 0.500. The maximum Gasteiger partial charge on any atom is 0.337 e. The van der Waals surface area contributed by atoms with Crippen LogP contribution in [0.15, 0.2) is 4.42 Å². The Bertz CT molecular complexity index is 487. The predicted octanol–water partition coefficient (Wildman–Crippen LogP) is 0.770. The van der Waals surface area contributed by atoms with Gasteiger partial charge in [0.05, 0.1) is 12.1 Å². The number of rotatable bonds is 4. The molecule has 0 radical (unpaired) electrons. The van der Waals surface area contributed by atoms with Gasteiger partial charge < -0.3 is 19.9 Å². The summed E-state index contributed by atoms with van der Waals surface area (Å²) >= 11 is 0. The maximum atomic E-state index is 11.9. The number of carbonyl (C=O) groups is 2. The van der Waals surface area contributed by atoms with Crippen LogP contribution in [0, 0.1) is 20.8 Å². The molecule has 1 aromatic rings. The van der Waals surface area contributed by atoms with E-state index in [4.69, 9.17) is 9.52 Å². The second-order valence-electron chi connectivity index (χ2n) is 4.48. The number of carbonyl (C=O) groups excluding carboxylic acids is 1. The van der Waals surface area contributed by atoms with Crippen LogP contribution in [0.3, 0.4) is 0 Å². The van der Waals surface area contributed by atoms with Gasteiger partial charge in [0.2, 0.25) is 0 Å². The minimum Gasteiger partial charge on any atom is -0.479 e. The third-order valence-electron chi connectivity index (χ3n) is 2.84. The van der Waals surface area contributed by atoms with E-state index in [1.54, 1.807) is 20.8 Å². The van der Waals surface area contributed by atoms with E-state index in [9.17, 15) is 14.7 Å². The molecule has 0 aromatic carbocycles. The second kappa shape index (κ2) is 4.81. The fourth-order valence-corrected chi connectivity index (χ4v) is 1.54. The summed E-state index contributed by atoms with van der Waals surface area (Å²) in [5.74, 6) is -0.733. The highest BCUT2D eigenvalue weighted by atomic mass is 16.4. The topological polar surface area (TPSA) is 99.8 Å². The summed E-state index contributed by atoms with van der Waals surface area (Å²) in [7, 11) is 0. The minimum absolute atomic E-state index is 0.371. The van der Waals surface area contributed by atoms with Gasteiger partial charge >= 0.3 is 5.97 Å². The Morgan fingerprint density at radius 1 is 1.28 bits per heavy atom. The summed E-state index contributed by atoms with van der Waals surface area (Å²) in [6.07, 6.45) is 0. The van der Waals surface area contributed by atoms with E-state index < -0.39 is 17.5 Å². The lowest BCUT2D eigenvalue weighted by atomic mass is 10.1. The first-order valence-electron chi connectivity index (χ1n) is 5.47. The number of hydrogen-bond donors (Lipinski definition) is 3. The quantitative estimate of drug-likeness (QED) is 0.738. The predicted molar refractivity (Wildman–Crippen MR) is 63.5 cm³/mol. The Hall–Kier alpha value is -1.82. The lowest BCUT2D eigenvalue weighted by molar-refractivity contribution is -0.155. The van der Waals surface area contributed by atoms with Crippen LogP contribution in [-0.2, 0) is 4.79 Å². The van der Waals surface area contributed by atoms with Gasteiger partial charge in [0.15, 0.2) is 5.60 Å². The molecule has 0 saturated carbocycles. The summed E-state index contributed by atoms with van der Waals surface area (Å²) in [5, 5.41) is 20.6. The number of nitrogens with one attached hydrogen (secondary N) is 1. The van der Waals surface area contributed by atoms with E-state index in [1.165, 1.54) is 0 Å². The molecule has 0 bridgehead atoms. The first-order valence-corrected chi connectivity index (χ1v) is 5.47. The molecule has 6 heteroatoms. The van der Waals surface area contributed by atoms with Gasteiger partial charge in [-0.2, -0.15) is 0 Å². The van der Waals surface area contributed by atoms with Crippen molar-refractivity contribution in [3.05, 3.63) is 22.6 Å². The van der Waals surface area contributed by atoms with Crippen molar-refractivity contribution < 1.29 is 24.2 Å². The molecular formula is C12H17NO5. The number of amides is 1. The summed E-state index contributed by atoms with van der Waals surface area (Å²) in [6, 6.07) is 0. The number of furan rings is 1. The third kappa shape index (κ3) is 2.70. The normalized spacial score (nSPS) is 14.1. The number of carboxylic acids is 1. The lowest BCUT2D eigenvalue weighted by Gasteiger charge is -2.18. The van der Waals surface area contributed by atoms with Crippen molar-refractivity contribution in [1.29, 1.82) is 0 Å². The van der Waals surface area contributed by atoms with Crippen molar-refractivity contribution in [3.8, 4) is 0 Å². The SMILES string of the molecule is Cc1oc(C)c(C(=O)NCC(C)(O)C(=O)O)c1C.